The zero-order valence-electron chi connectivity index (χ0n) is 11.2. The minimum absolute atomic E-state index is 0.653. The van der Waals surface area contributed by atoms with Gasteiger partial charge in [-0.2, -0.15) is 0 Å². The second kappa shape index (κ2) is 6.36. The Balaban J connectivity index is 2.42. The van der Waals surface area contributed by atoms with Gasteiger partial charge in [0.05, 0.1) is 19.8 Å². The van der Waals surface area contributed by atoms with E-state index in [4.69, 9.17) is 15.2 Å². The molecular weight excluding hydrogens is 318 g/mol. The van der Waals surface area contributed by atoms with Gasteiger partial charge in [0.2, 0.25) is 0 Å². The zero-order valence-corrected chi connectivity index (χ0v) is 12.8. The maximum absolute atomic E-state index is 5.73. The number of benzene rings is 2. The van der Waals surface area contributed by atoms with Gasteiger partial charge in [-0.15, -0.1) is 0 Å². The van der Waals surface area contributed by atoms with Crippen molar-refractivity contribution in [3.63, 3.8) is 0 Å². The number of hydrogen-bond acceptors (Lipinski definition) is 3. The zero-order chi connectivity index (χ0) is 14.5. The predicted octanol–water partition coefficient (Wildman–Crippen LogP) is 3.45. The molecule has 2 N–H and O–H groups in total. The molecule has 0 bridgehead atoms. The molecule has 0 radical (unpaired) electrons. The Morgan fingerprint density at radius 1 is 1.05 bits per heavy atom. The molecule has 3 nitrogen and oxygen atoms in total. The van der Waals surface area contributed by atoms with Crippen molar-refractivity contribution in [2.45, 2.75) is 0 Å². The molecule has 0 saturated carbocycles. The number of anilines is 1. The normalized spacial score (nSPS) is 9.55. The molecule has 0 aliphatic carbocycles. The van der Waals surface area contributed by atoms with Gasteiger partial charge in [-0.1, -0.05) is 17.9 Å². The summed E-state index contributed by atoms with van der Waals surface area (Å²) in [5.41, 5.74) is 8.06. The second-order valence-corrected chi connectivity index (χ2v) is 4.83. The van der Waals surface area contributed by atoms with Crippen LogP contribution in [0.5, 0.6) is 11.5 Å². The molecule has 0 aromatic heterocycles. The van der Waals surface area contributed by atoms with Crippen LogP contribution < -0.4 is 15.2 Å². The molecule has 20 heavy (non-hydrogen) atoms. The Morgan fingerprint density at radius 2 is 1.85 bits per heavy atom. The van der Waals surface area contributed by atoms with Crippen LogP contribution in [0.25, 0.3) is 0 Å². The van der Waals surface area contributed by atoms with Gasteiger partial charge in [-0.25, -0.2) is 0 Å². The van der Waals surface area contributed by atoms with E-state index in [0.717, 1.165) is 15.6 Å². The molecule has 0 unspecified atom stereocenters. The third kappa shape index (κ3) is 3.06. The Kier molecular flexibility index (Phi) is 4.54. The lowest BCUT2D eigenvalue weighted by atomic mass is 10.1. The molecule has 2 aromatic rings. The molecule has 0 atom stereocenters. The van der Waals surface area contributed by atoms with Gasteiger partial charge in [0.15, 0.2) is 5.75 Å². The van der Waals surface area contributed by atoms with Crippen molar-refractivity contribution < 1.29 is 9.47 Å². The SMILES string of the molecule is COc1ccc(C#Cc2cccc(N)c2)c(OC)c1Br. The smallest absolute Gasteiger partial charge is 0.152 e. The van der Waals surface area contributed by atoms with Crippen molar-refractivity contribution in [1.29, 1.82) is 0 Å². The minimum Gasteiger partial charge on any atom is -0.495 e. The number of nitrogen functional groups attached to an aromatic ring is 1. The number of nitrogens with two attached hydrogens (primary N) is 1. The Hall–Kier alpha value is -2.12. The molecule has 0 spiro atoms. The highest BCUT2D eigenvalue weighted by molar-refractivity contribution is 9.10. The van der Waals surface area contributed by atoms with Crippen LogP contribution in [0.1, 0.15) is 11.1 Å². The fourth-order valence-corrected chi connectivity index (χ4v) is 2.42. The summed E-state index contributed by atoms with van der Waals surface area (Å²) in [6.45, 7) is 0. The summed E-state index contributed by atoms with van der Waals surface area (Å²) < 4.78 is 11.4. The predicted molar refractivity (Wildman–Crippen MR) is 84.1 cm³/mol. The molecule has 0 heterocycles. The van der Waals surface area contributed by atoms with Crippen LogP contribution in [-0.2, 0) is 0 Å². The number of hydrogen-bond donors (Lipinski definition) is 1. The standard InChI is InChI=1S/C16H14BrNO2/c1-19-14-9-8-12(16(20-2)15(14)17)7-6-11-4-3-5-13(18)10-11/h3-5,8-10H,18H2,1-2H3. The Labute approximate surface area is 126 Å². The third-order valence-electron chi connectivity index (χ3n) is 2.71. The van der Waals surface area contributed by atoms with Crippen LogP contribution in [0.4, 0.5) is 5.69 Å². The summed E-state index contributed by atoms with van der Waals surface area (Å²) in [5, 5.41) is 0. The maximum atomic E-state index is 5.73. The monoisotopic (exact) mass is 331 g/mol. The largest absolute Gasteiger partial charge is 0.495 e. The average Bonchev–Trinajstić information content (AvgIpc) is 2.45. The number of ether oxygens (including phenoxy) is 2. The van der Waals surface area contributed by atoms with Gasteiger partial charge >= 0.3 is 0 Å². The quantitative estimate of drug-likeness (QED) is 0.677. The van der Waals surface area contributed by atoms with E-state index in [1.165, 1.54) is 0 Å². The van der Waals surface area contributed by atoms with E-state index < -0.39 is 0 Å². The van der Waals surface area contributed by atoms with Gasteiger partial charge in [0.25, 0.3) is 0 Å². The van der Waals surface area contributed by atoms with E-state index >= 15 is 0 Å². The van der Waals surface area contributed by atoms with E-state index in [1.807, 2.05) is 36.4 Å². The first-order chi connectivity index (χ1) is 9.65. The van der Waals surface area contributed by atoms with E-state index in [-0.39, 0.29) is 0 Å². The molecule has 0 aliphatic heterocycles. The van der Waals surface area contributed by atoms with Gasteiger partial charge in [-0.3, -0.25) is 0 Å². The highest BCUT2D eigenvalue weighted by Crippen LogP contribution is 2.36. The molecule has 2 rings (SSSR count). The fourth-order valence-electron chi connectivity index (χ4n) is 1.75. The van der Waals surface area contributed by atoms with Crippen molar-refractivity contribution in [3.05, 3.63) is 52.0 Å². The van der Waals surface area contributed by atoms with Crippen LogP contribution in [0, 0.1) is 11.8 Å². The van der Waals surface area contributed by atoms with Crippen LogP contribution in [0.15, 0.2) is 40.9 Å². The van der Waals surface area contributed by atoms with E-state index in [2.05, 4.69) is 27.8 Å². The van der Waals surface area contributed by atoms with Gasteiger partial charge in [0, 0.05) is 11.3 Å². The first-order valence-corrected chi connectivity index (χ1v) is 6.73. The Bertz CT molecular complexity index is 687. The lowest BCUT2D eigenvalue weighted by molar-refractivity contribution is 0.389. The second-order valence-electron chi connectivity index (χ2n) is 4.04. The highest BCUT2D eigenvalue weighted by Gasteiger charge is 2.10. The molecule has 0 saturated heterocycles. The minimum atomic E-state index is 0.653. The fraction of sp³-hybridized carbons (Fsp3) is 0.125. The molecule has 0 fully saturated rings. The topological polar surface area (TPSA) is 44.5 Å². The molecule has 0 amide bonds. The maximum Gasteiger partial charge on any atom is 0.152 e. The average molecular weight is 332 g/mol. The first-order valence-electron chi connectivity index (χ1n) is 5.93. The molecule has 102 valence electrons. The number of halogens is 1. The summed E-state index contributed by atoms with van der Waals surface area (Å²) in [6, 6.07) is 11.2. The van der Waals surface area contributed by atoms with Crippen molar-refractivity contribution >= 4 is 21.6 Å². The lowest BCUT2D eigenvalue weighted by Crippen LogP contribution is -1.93. The summed E-state index contributed by atoms with van der Waals surface area (Å²) in [4.78, 5) is 0. The van der Waals surface area contributed by atoms with Crippen molar-refractivity contribution in [2.75, 3.05) is 20.0 Å². The summed E-state index contributed by atoms with van der Waals surface area (Å²) in [5.74, 6) is 7.51. The summed E-state index contributed by atoms with van der Waals surface area (Å²) >= 11 is 3.45. The van der Waals surface area contributed by atoms with Crippen LogP contribution in [0.2, 0.25) is 0 Å². The molecular formula is C16H14BrNO2. The highest BCUT2D eigenvalue weighted by atomic mass is 79.9. The number of methoxy groups -OCH3 is 2. The third-order valence-corrected chi connectivity index (χ3v) is 3.46. The van der Waals surface area contributed by atoms with E-state index in [1.54, 1.807) is 14.2 Å². The van der Waals surface area contributed by atoms with E-state index in [9.17, 15) is 0 Å². The first kappa shape index (κ1) is 14.3. The van der Waals surface area contributed by atoms with Gasteiger partial charge in [0.1, 0.15) is 10.2 Å². The lowest BCUT2D eigenvalue weighted by Gasteiger charge is -2.09. The van der Waals surface area contributed by atoms with Crippen LogP contribution in [-0.4, -0.2) is 14.2 Å². The molecule has 2 aromatic carbocycles. The van der Waals surface area contributed by atoms with Crippen molar-refractivity contribution in [3.8, 4) is 23.3 Å². The Morgan fingerprint density at radius 3 is 2.50 bits per heavy atom. The summed E-state index contributed by atoms with van der Waals surface area (Å²) in [6.07, 6.45) is 0. The van der Waals surface area contributed by atoms with Crippen LogP contribution >= 0.6 is 15.9 Å². The molecule has 4 heteroatoms. The van der Waals surface area contributed by atoms with E-state index in [0.29, 0.717) is 17.2 Å². The molecule has 0 aliphatic rings. The summed E-state index contributed by atoms with van der Waals surface area (Å²) in [7, 11) is 3.21. The van der Waals surface area contributed by atoms with Gasteiger partial charge in [-0.05, 0) is 46.3 Å². The van der Waals surface area contributed by atoms with Crippen LogP contribution in [0.3, 0.4) is 0 Å². The number of rotatable bonds is 2. The van der Waals surface area contributed by atoms with Crippen molar-refractivity contribution in [2.24, 2.45) is 0 Å². The van der Waals surface area contributed by atoms with Crippen molar-refractivity contribution in [1.82, 2.24) is 0 Å². The van der Waals surface area contributed by atoms with Gasteiger partial charge < -0.3 is 15.2 Å².